The molecule has 2 heteroatoms. The molecular formula is C22H28N2. The summed E-state index contributed by atoms with van der Waals surface area (Å²) in [5.41, 5.74) is 6.10. The SMILES string of the molecule is C=C(c1ccc(N(CC)CC)cc1)c1ccc(N2CCCC2)cc1. The maximum atomic E-state index is 4.31. The average molecular weight is 320 g/mol. The Morgan fingerprint density at radius 1 is 0.875 bits per heavy atom. The third kappa shape index (κ3) is 3.48. The van der Waals surface area contributed by atoms with Crippen LogP contribution in [0.5, 0.6) is 0 Å². The van der Waals surface area contributed by atoms with E-state index in [0.29, 0.717) is 0 Å². The fraction of sp³-hybridized carbons (Fsp3) is 0.364. The van der Waals surface area contributed by atoms with Crippen LogP contribution in [0.1, 0.15) is 37.8 Å². The topological polar surface area (TPSA) is 6.48 Å². The van der Waals surface area contributed by atoms with Crippen LogP contribution in [0.15, 0.2) is 55.1 Å². The fourth-order valence-corrected chi connectivity index (χ4v) is 3.48. The highest BCUT2D eigenvalue weighted by molar-refractivity contribution is 5.79. The summed E-state index contributed by atoms with van der Waals surface area (Å²) in [7, 11) is 0. The molecule has 1 aliphatic rings. The summed E-state index contributed by atoms with van der Waals surface area (Å²) in [5.74, 6) is 0. The molecule has 2 aromatic carbocycles. The predicted octanol–water partition coefficient (Wildman–Crippen LogP) is 5.19. The van der Waals surface area contributed by atoms with Gasteiger partial charge < -0.3 is 9.80 Å². The first kappa shape index (κ1) is 16.6. The van der Waals surface area contributed by atoms with Gasteiger partial charge in [-0.15, -0.1) is 0 Å². The highest BCUT2D eigenvalue weighted by atomic mass is 15.1. The molecule has 0 atom stereocenters. The minimum absolute atomic E-state index is 1.04. The van der Waals surface area contributed by atoms with Crippen molar-refractivity contribution in [2.24, 2.45) is 0 Å². The second-order valence-electron chi connectivity index (χ2n) is 6.44. The van der Waals surface area contributed by atoms with Gasteiger partial charge in [0.2, 0.25) is 0 Å². The number of nitrogens with zero attached hydrogens (tertiary/aromatic N) is 2. The quantitative estimate of drug-likeness (QED) is 0.722. The monoisotopic (exact) mass is 320 g/mol. The molecule has 2 aromatic rings. The Hall–Kier alpha value is -2.22. The summed E-state index contributed by atoms with van der Waals surface area (Å²) < 4.78 is 0. The number of hydrogen-bond acceptors (Lipinski definition) is 2. The number of benzene rings is 2. The minimum Gasteiger partial charge on any atom is -0.372 e. The number of rotatable bonds is 6. The van der Waals surface area contributed by atoms with Gasteiger partial charge in [0, 0.05) is 37.6 Å². The van der Waals surface area contributed by atoms with E-state index in [-0.39, 0.29) is 0 Å². The maximum Gasteiger partial charge on any atom is 0.0366 e. The first-order valence-electron chi connectivity index (χ1n) is 9.12. The Morgan fingerprint density at radius 3 is 1.88 bits per heavy atom. The van der Waals surface area contributed by atoms with Crippen LogP contribution in [-0.4, -0.2) is 26.2 Å². The molecule has 126 valence electrons. The molecule has 0 amide bonds. The standard InChI is InChI=1S/C22H28N2/c1-4-23(5-2)21-12-8-19(9-13-21)18(3)20-10-14-22(15-11-20)24-16-6-7-17-24/h8-15H,3-7,16-17H2,1-2H3. The van der Waals surface area contributed by atoms with Gasteiger partial charge in [0.15, 0.2) is 0 Å². The van der Waals surface area contributed by atoms with Gasteiger partial charge in [-0.2, -0.15) is 0 Å². The van der Waals surface area contributed by atoms with Crippen molar-refractivity contribution in [1.82, 2.24) is 0 Å². The van der Waals surface area contributed by atoms with Gasteiger partial charge in [0.25, 0.3) is 0 Å². The molecule has 1 aliphatic heterocycles. The smallest absolute Gasteiger partial charge is 0.0366 e. The minimum atomic E-state index is 1.04. The first-order valence-corrected chi connectivity index (χ1v) is 9.12. The molecule has 0 saturated carbocycles. The van der Waals surface area contributed by atoms with E-state index in [1.54, 1.807) is 0 Å². The molecule has 1 fully saturated rings. The Balaban J connectivity index is 1.73. The van der Waals surface area contributed by atoms with E-state index < -0.39 is 0 Å². The van der Waals surface area contributed by atoms with Gasteiger partial charge >= 0.3 is 0 Å². The Morgan fingerprint density at radius 2 is 1.38 bits per heavy atom. The summed E-state index contributed by atoms with van der Waals surface area (Å²) in [6.07, 6.45) is 2.63. The fourth-order valence-electron chi connectivity index (χ4n) is 3.48. The van der Waals surface area contributed by atoms with Gasteiger partial charge in [0.05, 0.1) is 0 Å². The van der Waals surface area contributed by atoms with E-state index in [2.05, 4.69) is 78.8 Å². The average Bonchev–Trinajstić information content (AvgIpc) is 3.18. The van der Waals surface area contributed by atoms with E-state index >= 15 is 0 Å². The van der Waals surface area contributed by atoms with E-state index in [1.165, 1.54) is 48.4 Å². The van der Waals surface area contributed by atoms with Crippen molar-refractivity contribution in [3.63, 3.8) is 0 Å². The molecule has 0 bridgehead atoms. The molecule has 0 N–H and O–H groups in total. The third-order valence-electron chi connectivity index (χ3n) is 5.03. The van der Waals surface area contributed by atoms with Gasteiger partial charge in [-0.05, 0) is 67.7 Å². The molecule has 0 radical (unpaired) electrons. The molecule has 2 nitrogen and oxygen atoms in total. The summed E-state index contributed by atoms with van der Waals surface area (Å²) in [6, 6.07) is 17.6. The molecule has 0 spiro atoms. The largest absolute Gasteiger partial charge is 0.372 e. The first-order chi connectivity index (χ1) is 11.7. The molecule has 1 heterocycles. The molecule has 0 unspecified atom stereocenters. The number of anilines is 2. The van der Waals surface area contributed by atoms with Crippen molar-refractivity contribution in [1.29, 1.82) is 0 Å². The summed E-state index contributed by atoms with van der Waals surface area (Å²) in [5, 5.41) is 0. The summed E-state index contributed by atoms with van der Waals surface area (Å²) in [4.78, 5) is 4.82. The molecule has 0 aliphatic carbocycles. The van der Waals surface area contributed by atoms with Crippen LogP contribution >= 0.6 is 0 Å². The normalized spacial score (nSPS) is 14.0. The van der Waals surface area contributed by atoms with Crippen molar-refractivity contribution in [3.8, 4) is 0 Å². The van der Waals surface area contributed by atoms with Crippen LogP contribution in [0.2, 0.25) is 0 Å². The van der Waals surface area contributed by atoms with E-state index in [9.17, 15) is 0 Å². The zero-order valence-electron chi connectivity index (χ0n) is 15.0. The van der Waals surface area contributed by atoms with Crippen molar-refractivity contribution in [2.45, 2.75) is 26.7 Å². The highest BCUT2D eigenvalue weighted by Crippen LogP contribution is 2.27. The number of hydrogen-bond donors (Lipinski definition) is 0. The maximum absolute atomic E-state index is 4.31. The van der Waals surface area contributed by atoms with Gasteiger partial charge in [-0.3, -0.25) is 0 Å². The lowest BCUT2D eigenvalue weighted by Gasteiger charge is -2.21. The Kier molecular flexibility index (Phi) is 5.24. The summed E-state index contributed by atoms with van der Waals surface area (Å²) >= 11 is 0. The van der Waals surface area contributed by atoms with Crippen LogP contribution in [0, 0.1) is 0 Å². The van der Waals surface area contributed by atoms with Crippen molar-refractivity contribution >= 4 is 16.9 Å². The predicted molar refractivity (Wildman–Crippen MR) is 106 cm³/mol. The third-order valence-corrected chi connectivity index (χ3v) is 5.03. The Labute approximate surface area is 146 Å². The molecule has 0 aromatic heterocycles. The molecule has 24 heavy (non-hydrogen) atoms. The molecular weight excluding hydrogens is 292 g/mol. The van der Waals surface area contributed by atoms with Crippen molar-refractivity contribution in [3.05, 3.63) is 66.2 Å². The summed E-state index contributed by atoms with van der Waals surface area (Å²) in [6.45, 7) is 13.1. The van der Waals surface area contributed by atoms with E-state index in [0.717, 1.165) is 18.7 Å². The lowest BCUT2D eigenvalue weighted by atomic mass is 9.99. The lowest BCUT2D eigenvalue weighted by Crippen LogP contribution is -2.21. The van der Waals surface area contributed by atoms with Crippen LogP contribution < -0.4 is 9.80 Å². The van der Waals surface area contributed by atoms with Crippen LogP contribution in [0.4, 0.5) is 11.4 Å². The van der Waals surface area contributed by atoms with Crippen LogP contribution in [0.3, 0.4) is 0 Å². The molecule has 1 saturated heterocycles. The zero-order chi connectivity index (χ0) is 16.9. The van der Waals surface area contributed by atoms with Gasteiger partial charge in [-0.25, -0.2) is 0 Å². The zero-order valence-corrected chi connectivity index (χ0v) is 15.0. The van der Waals surface area contributed by atoms with Crippen LogP contribution in [0.25, 0.3) is 5.57 Å². The Bertz CT molecular complexity index is 613. The van der Waals surface area contributed by atoms with Crippen LogP contribution in [-0.2, 0) is 0 Å². The second-order valence-corrected chi connectivity index (χ2v) is 6.44. The highest BCUT2D eigenvalue weighted by Gasteiger charge is 2.12. The second kappa shape index (κ2) is 7.57. The van der Waals surface area contributed by atoms with Gasteiger partial charge in [0.1, 0.15) is 0 Å². The van der Waals surface area contributed by atoms with E-state index in [1.807, 2.05) is 0 Å². The van der Waals surface area contributed by atoms with Crippen molar-refractivity contribution < 1.29 is 0 Å². The van der Waals surface area contributed by atoms with Gasteiger partial charge in [-0.1, -0.05) is 30.8 Å². The molecule has 3 rings (SSSR count). The van der Waals surface area contributed by atoms with Crippen molar-refractivity contribution in [2.75, 3.05) is 36.0 Å². The van der Waals surface area contributed by atoms with E-state index in [4.69, 9.17) is 0 Å². The lowest BCUT2D eigenvalue weighted by molar-refractivity contribution is 0.866.